The first-order valence-corrected chi connectivity index (χ1v) is 10.3. The second-order valence-electron chi connectivity index (χ2n) is 8.21. The van der Waals surface area contributed by atoms with E-state index in [4.69, 9.17) is 0 Å². The number of fused-ring (bicyclic) bond motifs is 1. The number of thiophene rings is 1. The van der Waals surface area contributed by atoms with Gasteiger partial charge in [0.25, 0.3) is 5.56 Å². The third kappa shape index (κ3) is 4.62. The zero-order valence-electron chi connectivity index (χ0n) is 17.6. The molecule has 0 saturated carbocycles. The number of hydrogen-bond donors (Lipinski definition) is 2. The number of nitrogens with one attached hydrogen (secondary N) is 2. The Bertz CT molecular complexity index is 1150. The molecule has 3 rings (SSSR count). The summed E-state index contributed by atoms with van der Waals surface area (Å²) in [6.07, 6.45) is -0.0408. The number of carbonyl (C=O) groups excluding carboxylic acids is 1. The van der Waals surface area contributed by atoms with E-state index < -0.39 is 0 Å². The Hall–Kier alpha value is -2.80. The number of H-pyrrole nitrogens is 1. The molecule has 29 heavy (non-hydrogen) atoms. The van der Waals surface area contributed by atoms with E-state index in [9.17, 15) is 9.59 Å². The predicted molar refractivity (Wildman–Crippen MR) is 119 cm³/mol. The van der Waals surface area contributed by atoms with Crippen LogP contribution in [0.15, 0.2) is 34.2 Å². The van der Waals surface area contributed by atoms with Crippen molar-refractivity contribution in [1.82, 2.24) is 15.4 Å². The SMILES string of the molecule is C/C(=N/NC(=O)Cc1nc2sc(C)c(C)c2c(=O)[nH]1)c1ccc(C(C)(C)C)cc1. The molecule has 2 heterocycles. The van der Waals surface area contributed by atoms with Gasteiger partial charge in [-0.2, -0.15) is 5.10 Å². The van der Waals surface area contributed by atoms with Gasteiger partial charge in [-0.25, -0.2) is 10.4 Å². The van der Waals surface area contributed by atoms with Gasteiger partial charge in [0.1, 0.15) is 10.7 Å². The molecule has 6 nitrogen and oxygen atoms in total. The molecule has 0 aliphatic heterocycles. The summed E-state index contributed by atoms with van der Waals surface area (Å²) in [5, 5.41) is 4.79. The highest BCUT2D eigenvalue weighted by Crippen LogP contribution is 2.25. The molecule has 1 amide bonds. The average molecular weight is 411 g/mol. The Balaban J connectivity index is 1.70. The van der Waals surface area contributed by atoms with E-state index in [0.717, 1.165) is 16.0 Å². The van der Waals surface area contributed by atoms with Crippen molar-refractivity contribution in [3.63, 3.8) is 0 Å². The summed E-state index contributed by atoms with van der Waals surface area (Å²) in [7, 11) is 0. The Kier molecular flexibility index (Phi) is 5.71. The smallest absolute Gasteiger partial charge is 0.259 e. The number of hydrazone groups is 1. The van der Waals surface area contributed by atoms with Crippen LogP contribution in [0.4, 0.5) is 0 Å². The van der Waals surface area contributed by atoms with Crippen LogP contribution in [0.1, 0.15) is 55.1 Å². The molecule has 0 saturated heterocycles. The Morgan fingerprint density at radius 2 is 1.86 bits per heavy atom. The molecule has 0 radical (unpaired) electrons. The molecule has 3 aromatic rings. The molecule has 0 aliphatic rings. The highest BCUT2D eigenvalue weighted by molar-refractivity contribution is 7.18. The maximum Gasteiger partial charge on any atom is 0.259 e. The zero-order valence-corrected chi connectivity index (χ0v) is 18.5. The van der Waals surface area contributed by atoms with Crippen LogP contribution < -0.4 is 11.0 Å². The van der Waals surface area contributed by atoms with Gasteiger partial charge in [0.2, 0.25) is 5.91 Å². The fourth-order valence-corrected chi connectivity index (χ4v) is 4.05. The lowest BCUT2D eigenvalue weighted by molar-refractivity contribution is -0.120. The van der Waals surface area contributed by atoms with Crippen LogP contribution in [-0.2, 0) is 16.6 Å². The number of benzene rings is 1. The molecule has 2 aromatic heterocycles. The summed E-state index contributed by atoms with van der Waals surface area (Å²) in [6.45, 7) is 12.2. The number of aromatic nitrogens is 2. The maximum absolute atomic E-state index is 12.3. The molecule has 0 atom stereocenters. The van der Waals surface area contributed by atoms with Crippen LogP contribution >= 0.6 is 11.3 Å². The Morgan fingerprint density at radius 3 is 2.48 bits per heavy atom. The van der Waals surface area contributed by atoms with Gasteiger partial charge >= 0.3 is 0 Å². The van der Waals surface area contributed by atoms with Crippen LogP contribution in [0.3, 0.4) is 0 Å². The van der Waals surface area contributed by atoms with E-state index in [-0.39, 0.29) is 23.3 Å². The quantitative estimate of drug-likeness (QED) is 0.504. The molecular weight excluding hydrogens is 384 g/mol. The molecule has 0 aliphatic carbocycles. The number of amides is 1. The van der Waals surface area contributed by atoms with Gasteiger partial charge in [-0.3, -0.25) is 9.59 Å². The molecule has 1 aromatic carbocycles. The standard InChI is InChI=1S/C22H26N4O2S/c1-12-14(3)29-21-19(12)20(28)23-17(24-21)11-18(27)26-25-13(2)15-7-9-16(10-8-15)22(4,5)6/h7-10H,11H2,1-6H3,(H,26,27)(H,23,24,28)/b25-13-. The van der Waals surface area contributed by atoms with Gasteiger partial charge < -0.3 is 4.98 Å². The van der Waals surface area contributed by atoms with Crippen molar-refractivity contribution in [3.05, 3.63) is 62.0 Å². The average Bonchev–Trinajstić information content (AvgIpc) is 2.93. The van der Waals surface area contributed by atoms with Crippen molar-refractivity contribution in [2.45, 2.75) is 53.4 Å². The summed E-state index contributed by atoms with van der Waals surface area (Å²) < 4.78 is 0. The lowest BCUT2D eigenvalue weighted by atomic mass is 9.86. The van der Waals surface area contributed by atoms with E-state index in [1.165, 1.54) is 16.9 Å². The molecule has 0 fully saturated rings. The largest absolute Gasteiger partial charge is 0.309 e. The highest BCUT2D eigenvalue weighted by atomic mass is 32.1. The third-order valence-corrected chi connectivity index (χ3v) is 6.03. The van der Waals surface area contributed by atoms with Crippen LogP contribution in [0, 0.1) is 13.8 Å². The zero-order chi connectivity index (χ0) is 21.3. The fourth-order valence-electron chi connectivity index (χ4n) is 3.00. The van der Waals surface area contributed by atoms with Gasteiger partial charge in [-0.15, -0.1) is 11.3 Å². The van der Waals surface area contributed by atoms with Crippen LogP contribution in [-0.4, -0.2) is 21.6 Å². The van der Waals surface area contributed by atoms with Crippen LogP contribution in [0.25, 0.3) is 10.2 Å². The lowest BCUT2D eigenvalue weighted by Gasteiger charge is -2.19. The molecule has 7 heteroatoms. The number of hydrogen-bond acceptors (Lipinski definition) is 5. The van der Waals surface area contributed by atoms with Crippen LogP contribution in [0.2, 0.25) is 0 Å². The molecule has 0 bridgehead atoms. The number of nitrogens with zero attached hydrogens (tertiary/aromatic N) is 2. The fraction of sp³-hybridized carbons (Fsp3) is 0.364. The van der Waals surface area contributed by atoms with Crippen molar-refractivity contribution in [2.24, 2.45) is 5.10 Å². The minimum Gasteiger partial charge on any atom is -0.309 e. The number of aryl methyl sites for hydroxylation is 2. The second-order valence-corrected chi connectivity index (χ2v) is 9.42. The molecule has 0 unspecified atom stereocenters. The van der Waals surface area contributed by atoms with Crippen molar-refractivity contribution in [3.8, 4) is 0 Å². The Labute approximate surface area is 174 Å². The third-order valence-electron chi connectivity index (χ3n) is 4.93. The van der Waals surface area contributed by atoms with E-state index in [1.54, 1.807) is 0 Å². The number of carbonyl (C=O) groups is 1. The van der Waals surface area contributed by atoms with Gasteiger partial charge in [0.05, 0.1) is 17.5 Å². The van der Waals surface area contributed by atoms with E-state index in [0.29, 0.717) is 21.8 Å². The van der Waals surface area contributed by atoms with E-state index >= 15 is 0 Å². The van der Waals surface area contributed by atoms with Gasteiger partial charge in [0.15, 0.2) is 0 Å². The first kappa shape index (κ1) is 20.9. The van der Waals surface area contributed by atoms with Gasteiger partial charge in [-0.05, 0) is 42.9 Å². The first-order valence-electron chi connectivity index (χ1n) is 9.49. The summed E-state index contributed by atoms with van der Waals surface area (Å²) in [5.41, 5.74) is 6.25. The van der Waals surface area contributed by atoms with Gasteiger partial charge in [-0.1, -0.05) is 45.0 Å². The van der Waals surface area contributed by atoms with Crippen LogP contribution in [0.5, 0.6) is 0 Å². The topological polar surface area (TPSA) is 87.2 Å². The van der Waals surface area contributed by atoms with Crippen molar-refractivity contribution >= 4 is 33.2 Å². The summed E-state index contributed by atoms with van der Waals surface area (Å²) in [6, 6.07) is 8.15. The minimum atomic E-state index is -0.330. The van der Waals surface area contributed by atoms with Gasteiger partial charge in [0, 0.05) is 4.88 Å². The van der Waals surface area contributed by atoms with Crippen molar-refractivity contribution in [2.75, 3.05) is 0 Å². The van der Waals surface area contributed by atoms with E-state index in [1.807, 2.05) is 32.9 Å². The molecular formula is C22H26N4O2S. The maximum atomic E-state index is 12.3. The monoisotopic (exact) mass is 410 g/mol. The van der Waals surface area contributed by atoms with E-state index in [2.05, 4.69) is 53.4 Å². The highest BCUT2D eigenvalue weighted by Gasteiger charge is 2.14. The Morgan fingerprint density at radius 1 is 1.21 bits per heavy atom. The summed E-state index contributed by atoms with van der Waals surface area (Å²) in [4.78, 5) is 33.4. The van der Waals surface area contributed by atoms with Crippen molar-refractivity contribution in [1.29, 1.82) is 0 Å². The summed E-state index contributed by atoms with van der Waals surface area (Å²) in [5.74, 6) is 0.00629. The lowest BCUT2D eigenvalue weighted by Crippen LogP contribution is -2.24. The molecule has 152 valence electrons. The second kappa shape index (κ2) is 7.91. The first-order chi connectivity index (χ1) is 13.6. The molecule has 0 spiro atoms. The minimum absolute atomic E-state index is 0.0408. The predicted octanol–water partition coefficient (Wildman–Crippen LogP) is 3.98. The molecule has 2 N–H and O–H groups in total. The normalized spacial score (nSPS) is 12.4. The van der Waals surface area contributed by atoms with Crippen molar-refractivity contribution < 1.29 is 4.79 Å². The number of aromatic amines is 1. The summed E-state index contributed by atoms with van der Waals surface area (Å²) >= 11 is 1.46. The number of rotatable bonds is 4.